The smallest absolute Gasteiger partial charge is 0.227 e. The third-order valence-corrected chi connectivity index (χ3v) is 4.74. The highest BCUT2D eigenvalue weighted by atomic mass is 16.5. The van der Waals surface area contributed by atoms with Crippen LogP contribution in [0.15, 0.2) is 54.6 Å². The number of nitrogens with one attached hydrogen (secondary N) is 1. The Balaban J connectivity index is 1.52. The number of aryl methyl sites for hydroxylation is 1. The second-order valence-corrected chi connectivity index (χ2v) is 6.69. The summed E-state index contributed by atoms with van der Waals surface area (Å²) in [6.45, 7) is 3.46. The number of benzene rings is 2. The largest absolute Gasteiger partial charge is 0.492 e. The molecule has 5 nitrogen and oxygen atoms in total. The van der Waals surface area contributed by atoms with Crippen LogP contribution < -0.4 is 15.0 Å². The van der Waals surface area contributed by atoms with Gasteiger partial charge < -0.3 is 15.0 Å². The lowest BCUT2D eigenvalue weighted by molar-refractivity contribution is -0.126. The maximum absolute atomic E-state index is 12.5. The third kappa shape index (κ3) is 4.88. The van der Waals surface area contributed by atoms with Gasteiger partial charge in [0.15, 0.2) is 0 Å². The lowest BCUT2D eigenvalue weighted by Crippen LogP contribution is -2.33. The number of ether oxygens (including phenoxy) is 1. The van der Waals surface area contributed by atoms with Crippen LogP contribution in [0.3, 0.4) is 0 Å². The molecule has 2 amide bonds. The average Bonchev–Trinajstić information content (AvgIpc) is 3.08. The van der Waals surface area contributed by atoms with Gasteiger partial charge in [-0.3, -0.25) is 9.59 Å². The first kappa shape index (κ1) is 19.0. The predicted molar refractivity (Wildman–Crippen MR) is 106 cm³/mol. The van der Waals surface area contributed by atoms with Crippen LogP contribution in [-0.2, 0) is 16.0 Å². The second kappa shape index (κ2) is 9.21. The molecular formula is C22H26N2O3. The van der Waals surface area contributed by atoms with Crippen molar-refractivity contribution in [3.63, 3.8) is 0 Å². The van der Waals surface area contributed by atoms with Crippen molar-refractivity contribution in [3.8, 4) is 5.75 Å². The van der Waals surface area contributed by atoms with E-state index in [0.29, 0.717) is 25.4 Å². The van der Waals surface area contributed by atoms with Crippen molar-refractivity contribution in [2.75, 3.05) is 24.6 Å². The number of carbonyl (C=O) groups excluding carboxylic acids is 2. The minimum Gasteiger partial charge on any atom is -0.492 e. The van der Waals surface area contributed by atoms with Crippen molar-refractivity contribution in [1.29, 1.82) is 0 Å². The van der Waals surface area contributed by atoms with Gasteiger partial charge in [-0.15, -0.1) is 0 Å². The van der Waals surface area contributed by atoms with E-state index in [1.165, 1.54) is 5.56 Å². The summed E-state index contributed by atoms with van der Waals surface area (Å²) in [6, 6.07) is 17.7. The zero-order chi connectivity index (χ0) is 19.1. The van der Waals surface area contributed by atoms with Gasteiger partial charge in [-0.25, -0.2) is 0 Å². The van der Waals surface area contributed by atoms with Gasteiger partial charge >= 0.3 is 0 Å². The molecule has 1 heterocycles. The number of hydrogen-bond acceptors (Lipinski definition) is 3. The molecule has 1 fully saturated rings. The number of anilines is 1. The van der Waals surface area contributed by atoms with Gasteiger partial charge in [0.05, 0.1) is 18.2 Å². The van der Waals surface area contributed by atoms with Crippen LogP contribution in [0.5, 0.6) is 5.75 Å². The van der Waals surface area contributed by atoms with Crippen LogP contribution in [0.4, 0.5) is 5.69 Å². The van der Waals surface area contributed by atoms with Crippen molar-refractivity contribution in [2.24, 2.45) is 5.92 Å². The Morgan fingerprint density at radius 1 is 1.15 bits per heavy atom. The molecule has 0 bridgehead atoms. The van der Waals surface area contributed by atoms with Crippen molar-refractivity contribution < 1.29 is 14.3 Å². The molecule has 0 saturated carbocycles. The molecule has 3 rings (SSSR count). The zero-order valence-electron chi connectivity index (χ0n) is 15.7. The molecule has 0 aliphatic carbocycles. The van der Waals surface area contributed by atoms with Crippen LogP contribution in [-0.4, -0.2) is 31.5 Å². The molecule has 1 unspecified atom stereocenters. The van der Waals surface area contributed by atoms with Crippen molar-refractivity contribution in [1.82, 2.24) is 5.32 Å². The van der Waals surface area contributed by atoms with Crippen molar-refractivity contribution >= 4 is 17.5 Å². The van der Waals surface area contributed by atoms with Crippen molar-refractivity contribution in [2.45, 2.75) is 26.2 Å². The average molecular weight is 366 g/mol. The first-order chi connectivity index (χ1) is 13.2. The molecule has 0 aromatic heterocycles. The number of para-hydroxylation sites is 2. The SMILES string of the molecule is CCOc1ccccc1N1CC(C(=O)NCCCc2ccccc2)CC1=O. The molecule has 5 heteroatoms. The van der Waals surface area contributed by atoms with Crippen LogP contribution >= 0.6 is 0 Å². The molecule has 27 heavy (non-hydrogen) atoms. The molecule has 1 aliphatic rings. The molecule has 2 aromatic rings. The Morgan fingerprint density at radius 3 is 2.67 bits per heavy atom. The molecule has 0 spiro atoms. The normalized spacial score (nSPS) is 16.4. The summed E-state index contributed by atoms with van der Waals surface area (Å²) >= 11 is 0. The van der Waals surface area contributed by atoms with Crippen LogP contribution in [0, 0.1) is 5.92 Å². The van der Waals surface area contributed by atoms with E-state index >= 15 is 0 Å². The Kier molecular flexibility index (Phi) is 6.47. The lowest BCUT2D eigenvalue weighted by Gasteiger charge is -2.20. The summed E-state index contributed by atoms with van der Waals surface area (Å²) in [5.74, 6) is 0.278. The maximum atomic E-state index is 12.5. The number of rotatable bonds is 8. The highest BCUT2D eigenvalue weighted by molar-refractivity contribution is 6.01. The van der Waals surface area contributed by atoms with Crippen LogP contribution in [0.2, 0.25) is 0 Å². The highest BCUT2D eigenvalue weighted by Gasteiger charge is 2.36. The Hall–Kier alpha value is -2.82. The number of amides is 2. The molecule has 1 atom stereocenters. The van der Waals surface area contributed by atoms with E-state index in [-0.39, 0.29) is 24.2 Å². The minimum atomic E-state index is -0.316. The molecular weight excluding hydrogens is 340 g/mol. The third-order valence-electron chi connectivity index (χ3n) is 4.74. The summed E-state index contributed by atoms with van der Waals surface area (Å²) in [5.41, 5.74) is 2.00. The van der Waals surface area contributed by atoms with Gasteiger partial charge in [0.25, 0.3) is 0 Å². The molecule has 0 radical (unpaired) electrons. The first-order valence-electron chi connectivity index (χ1n) is 9.53. The van der Waals surface area contributed by atoms with E-state index in [4.69, 9.17) is 4.74 Å². The van der Waals surface area contributed by atoms with E-state index in [2.05, 4.69) is 17.4 Å². The fourth-order valence-electron chi connectivity index (χ4n) is 3.37. The second-order valence-electron chi connectivity index (χ2n) is 6.69. The van der Waals surface area contributed by atoms with E-state index in [0.717, 1.165) is 18.5 Å². The number of hydrogen-bond donors (Lipinski definition) is 1. The lowest BCUT2D eigenvalue weighted by atomic mass is 10.1. The van der Waals surface area contributed by atoms with E-state index < -0.39 is 0 Å². The Morgan fingerprint density at radius 2 is 1.89 bits per heavy atom. The van der Waals surface area contributed by atoms with Crippen LogP contribution in [0.1, 0.15) is 25.3 Å². The first-order valence-corrected chi connectivity index (χ1v) is 9.53. The van der Waals surface area contributed by atoms with E-state index in [1.807, 2.05) is 49.4 Å². The predicted octanol–water partition coefficient (Wildman–Crippen LogP) is 3.19. The van der Waals surface area contributed by atoms with E-state index in [9.17, 15) is 9.59 Å². The topological polar surface area (TPSA) is 58.6 Å². The zero-order valence-corrected chi connectivity index (χ0v) is 15.7. The summed E-state index contributed by atoms with van der Waals surface area (Å²) in [5, 5.41) is 2.98. The fraction of sp³-hybridized carbons (Fsp3) is 0.364. The van der Waals surface area contributed by atoms with Crippen LogP contribution in [0.25, 0.3) is 0 Å². The van der Waals surface area contributed by atoms with Gasteiger partial charge in [-0.2, -0.15) is 0 Å². The monoisotopic (exact) mass is 366 g/mol. The van der Waals surface area contributed by atoms with Gasteiger partial charge in [-0.1, -0.05) is 42.5 Å². The van der Waals surface area contributed by atoms with Gasteiger partial charge in [0.1, 0.15) is 5.75 Å². The summed E-state index contributed by atoms with van der Waals surface area (Å²) in [6.07, 6.45) is 2.05. The molecule has 1 aliphatic heterocycles. The summed E-state index contributed by atoms with van der Waals surface area (Å²) in [4.78, 5) is 26.6. The summed E-state index contributed by atoms with van der Waals surface area (Å²) < 4.78 is 5.62. The minimum absolute atomic E-state index is 0.0356. The maximum Gasteiger partial charge on any atom is 0.227 e. The Labute approximate surface area is 160 Å². The van der Waals surface area contributed by atoms with E-state index in [1.54, 1.807) is 4.90 Å². The fourth-order valence-corrected chi connectivity index (χ4v) is 3.37. The molecule has 1 N–H and O–H groups in total. The Bertz CT molecular complexity index is 776. The molecule has 1 saturated heterocycles. The number of nitrogens with zero attached hydrogens (tertiary/aromatic N) is 1. The quantitative estimate of drug-likeness (QED) is 0.730. The molecule has 2 aromatic carbocycles. The molecule has 142 valence electrons. The summed E-state index contributed by atoms with van der Waals surface area (Å²) in [7, 11) is 0. The van der Waals surface area contributed by atoms with Gasteiger partial charge in [0, 0.05) is 19.5 Å². The van der Waals surface area contributed by atoms with Gasteiger partial charge in [-0.05, 0) is 37.5 Å². The van der Waals surface area contributed by atoms with Crippen molar-refractivity contribution in [3.05, 3.63) is 60.2 Å². The van der Waals surface area contributed by atoms with Gasteiger partial charge in [0.2, 0.25) is 11.8 Å². The highest BCUT2D eigenvalue weighted by Crippen LogP contribution is 2.33. The standard InChI is InChI=1S/C22H26N2O3/c1-2-27-20-13-7-6-12-19(20)24-16-18(15-21(24)25)22(26)23-14-8-11-17-9-4-3-5-10-17/h3-7,9-10,12-13,18H,2,8,11,14-16H2,1H3,(H,23,26). The number of carbonyl (C=O) groups is 2.